The van der Waals surface area contributed by atoms with E-state index in [2.05, 4.69) is 25.2 Å². The summed E-state index contributed by atoms with van der Waals surface area (Å²) in [6, 6.07) is 6.87. The Labute approximate surface area is 187 Å². The van der Waals surface area contributed by atoms with Gasteiger partial charge >= 0.3 is 35.7 Å². The van der Waals surface area contributed by atoms with Crippen molar-refractivity contribution < 1.29 is 49.2 Å². The van der Waals surface area contributed by atoms with E-state index in [0.717, 1.165) is 18.5 Å². The van der Waals surface area contributed by atoms with Gasteiger partial charge < -0.3 is 29.7 Å². The maximum Gasteiger partial charge on any atom is 1.00 e. The van der Waals surface area contributed by atoms with Gasteiger partial charge in [0.05, 0.1) is 0 Å². The maximum atomic E-state index is 12.1. The van der Waals surface area contributed by atoms with E-state index in [1.54, 1.807) is 18.2 Å². The van der Waals surface area contributed by atoms with Crippen LogP contribution in [0.4, 0.5) is 16.4 Å². The molecule has 0 bridgehead atoms. The van der Waals surface area contributed by atoms with Crippen LogP contribution < -0.4 is 49.8 Å². The number of nitrogens with one attached hydrogen (secondary N) is 3. The zero-order valence-electron chi connectivity index (χ0n) is 14.6. The Morgan fingerprint density at radius 3 is 2.89 bits per heavy atom. The number of nitrogens with zero attached hydrogens (tertiary/aromatic N) is 2. The SMILES string of the molecule is O=C(Nc1nc(=S)[nH]c(=S)[nH]1)Oc1cccc(N2CCCCC2O[O-])c1.[Na+]. The van der Waals surface area contributed by atoms with Crippen LogP contribution in [0.1, 0.15) is 19.3 Å². The van der Waals surface area contributed by atoms with Crippen molar-refractivity contribution in [3.8, 4) is 5.75 Å². The number of rotatable bonds is 4. The second-order valence-corrected chi connectivity index (χ2v) is 6.39. The molecule has 0 radical (unpaired) electrons. The summed E-state index contributed by atoms with van der Waals surface area (Å²) in [4.78, 5) is 27.4. The van der Waals surface area contributed by atoms with Gasteiger partial charge in [-0.15, -0.1) is 0 Å². The van der Waals surface area contributed by atoms with Crippen molar-refractivity contribution in [2.45, 2.75) is 25.5 Å². The van der Waals surface area contributed by atoms with E-state index in [-0.39, 0.29) is 45.0 Å². The molecule has 0 spiro atoms. The monoisotopic (exact) mass is 417 g/mol. The Bertz CT molecular complexity index is 878. The molecule has 12 heteroatoms. The van der Waals surface area contributed by atoms with Gasteiger partial charge in [0, 0.05) is 18.3 Å². The van der Waals surface area contributed by atoms with Gasteiger partial charge in [0.15, 0.2) is 4.77 Å². The first-order chi connectivity index (χ1) is 12.5. The molecule has 1 unspecified atom stereocenters. The van der Waals surface area contributed by atoms with Crippen LogP contribution >= 0.6 is 24.4 Å². The third-order valence-electron chi connectivity index (χ3n) is 3.80. The number of H-pyrrole nitrogens is 2. The molecule has 1 aromatic heterocycles. The van der Waals surface area contributed by atoms with Crippen molar-refractivity contribution >= 4 is 42.2 Å². The van der Waals surface area contributed by atoms with Gasteiger partial charge in [-0.05, 0) is 55.8 Å². The molecule has 3 rings (SSSR count). The summed E-state index contributed by atoms with van der Waals surface area (Å²) in [5.41, 5.74) is 0.746. The van der Waals surface area contributed by atoms with Gasteiger partial charge in [-0.25, -0.2) is 4.79 Å². The standard InChI is InChI=1S/C15H17N5O4S2.Na/c21-15(18-12-16-13(25)19-14(26)17-12)23-10-5-3-4-9(8-10)20-7-2-1-6-11(20)24-22;/h3-5,8,11,22H,1-2,6-7H2,(H3,16,17,18,19,21,25,26);/q;+1/p-1. The molecule has 2 aromatic rings. The molecule has 1 saturated heterocycles. The number of anilines is 2. The molecular weight excluding hydrogens is 401 g/mol. The molecular formula is C15H16N5NaO4S2. The zero-order valence-corrected chi connectivity index (χ0v) is 18.2. The summed E-state index contributed by atoms with van der Waals surface area (Å²) in [6.07, 6.45) is 1.29. The minimum Gasteiger partial charge on any atom is -0.722 e. The number of hydrogen-bond donors (Lipinski definition) is 3. The average molecular weight is 417 g/mol. The van der Waals surface area contributed by atoms with Gasteiger partial charge in [-0.3, -0.25) is 5.32 Å². The smallest absolute Gasteiger partial charge is 0.722 e. The summed E-state index contributed by atoms with van der Waals surface area (Å²) in [6.45, 7) is 0.700. The Hall–Kier alpha value is -1.34. The molecule has 1 aliphatic heterocycles. The van der Waals surface area contributed by atoms with E-state index in [9.17, 15) is 10.1 Å². The molecule has 1 aliphatic rings. The number of benzene rings is 1. The number of aromatic nitrogens is 3. The minimum atomic E-state index is -0.754. The predicted octanol–water partition coefficient (Wildman–Crippen LogP) is -0.580. The molecule has 138 valence electrons. The molecule has 9 nitrogen and oxygen atoms in total. The summed E-state index contributed by atoms with van der Waals surface area (Å²) < 4.78 is 5.64. The molecule has 1 aromatic carbocycles. The average Bonchev–Trinajstić information content (AvgIpc) is 2.61. The van der Waals surface area contributed by atoms with Crippen LogP contribution in [-0.2, 0) is 4.89 Å². The number of hydrogen-bond acceptors (Lipinski definition) is 8. The van der Waals surface area contributed by atoms with Crippen molar-refractivity contribution in [1.29, 1.82) is 0 Å². The molecule has 1 amide bonds. The Morgan fingerprint density at radius 1 is 1.33 bits per heavy atom. The van der Waals surface area contributed by atoms with Gasteiger partial charge in [0.1, 0.15) is 12.0 Å². The Kier molecular flexibility index (Phi) is 8.35. The molecule has 3 N–H and O–H groups in total. The van der Waals surface area contributed by atoms with Gasteiger partial charge in [0.25, 0.3) is 0 Å². The van der Waals surface area contributed by atoms with Gasteiger partial charge in [-0.2, -0.15) is 4.98 Å². The predicted molar refractivity (Wildman–Crippen MR) is 96.8 cm³/mol. The van der Waals surface area contributed by atoms with Crippen molar-refractivity contribution in [2.24, 2.45) is 0 Å². The Balaban J connectivity index is 0.00000261. The van der Waals surface area contributed by atoms with E-state index >= 15 is 0 Å². The first-order valence-corrected chi connectivity index (χ1v) is 8.71. The summed E-state index contributed by atoms with van der Waals surface area (Å²) in [5, 5.41) is 13.3. The third kappa shape index (κ3) is 6.07. The topological polar surface area (TPSA) is 118 Å². The van der Waals surface area contributed by atoms with Crippen molar-refractivity contribution in [3.63, 3.8) is 0 Å². The second kappa shape index (κ2) is 10.3. The van der Waals surface area contributed by atoms with Crippen molar-refractivity contribution in [1.82, 2.24) is 15.0 Å². The third-order valence-corrected chi connectivity index (χ3v) is 4.20. The quantitative estimate of drug-likeness (QED) is 0.262. The van der Waals surface area contributed by atoms with Crippen LogP contribution in [0, 0.1) is 9.54 Å². The first-order valence-electron chi connectivity index (χ1n) is 7.90. The normalized spacial score (nSPS) is 16.3. The molecule has 1 fully saturated rings. The first kappa shape index (κ1) is 22.0. The molecule has 0 saturated carbocycles. The number of ether oxygens (including phenoxy) is 1. The summed E-state index contributed by atoms with van der Waals surface area (Å²) in [5.74, 6) is 0.394. The number of aromatic amines is 2. The molecule has 27 heavy (non-hydrogen) atoms. The molecule has 2 heterocycles. The van der Waals surface area contributed by atoms with Crippen LogP contribution in [0.15, 0.2) is 24.3 Å². The number of piperidine rings is 1. The second-order valence-electron chi connectivity index (χ2n) is 5.60. The van der Waals surface area contributed by atoms with E-state index < -0.39 is 12.3 Å². The number of carbonyl (C=O) groups excluding carboxylic acids is 1. The van der Waals surface area contributed by atoms with Crippen molar-refractivity contribution in [2.75, 3.05) is 16.8 Å². The fourth-order valence-electron chi connectivity index (χ4n) is 2.70. The number of carbonyl (C=O) groups is 1. The van der Waals surface area contributed by atoms with E-state index in [4.69, 9.17) is 29.2 Å². The fraction of sp³-hybridized carbons (Fsp3) is 0.333. The Morgan fingerprint density at radius 2 is 2.15 bits per heavy atom. The molecule has 0 aliphatic carbocycles. The minimum absolute atomic E-state index is 0. The van der Waals surface area contributed by atoms with Crippen LogP contribution in [-0.4, -0.2) is 33.8 Å². The van der Waals surface area contributed by atoms with Gasteiger partial charge in [-0.1, -0.05) is 6.07 Å². The van der Waals surface area contributed by atoms with Gasteiger partial charge in [0.2, 0.25) is 10.7 Å². The van der Waals surface area contributed by atoms with E-state index in [1.165, 1.54) is 0 Å². The van der Waals surface area contributed by atoms with Crippen LogP contribution in [0.3, 0.4) is 0 Å². The van der Waals surface area contributed by atoms with Crippen LogP contribution in [0.25, 0.3) is 0 Å². The fourth-order valence-corrected chi connectivity index (χ4v) is 3.16. The summed E-state index contributed by atoms with van der Waals surface area (Å²) >= 11 is 9.82. The van der Waals surface area contributed by atoms with Crippen molar-refractivity contribution in [3.05, 3.63) is 33.8 Å². The summed E-state index contributed by atoms with van der Waals surface area (Å²) in [7, 11) is 0. The largest absolute Gasteiger partial charge is 1.00 e. The van der Waals surface area contributed by atoms with Crippen LogP contribution in [0.5, 0.6) is 5.75 Å². The zero-order chi connectivity index (χ0) is 18.5. The molecule has 1 atom stereocenters. The number of amides is 1. The maximum absolute atomic E-state index is 12.1. The van der Waals surface area contributed by atoms with E-state index in [1.807, 2.05) is 11.0 Å². The van der Waals surface area contributed by atoms with E-state index in [0.29, 0.717) is 18.7 Å². The van der Waals surface area contributed by atoms with Crippen LogP contribution in [0.2, 0.25) is 0 Å².